The standard InChI is InChI=1S/C15H25BrN2O2/c1-3-5-9-20-10-6-7-17-15(19)14-11-13(16)12-18(14)8-4-2/h11-12H,3-10H2,1-2H3,(H,17,19). The van der Waals surface area contributed by atoms with Crippen LogP contribution < -0.4 is 5.32 Å². The number of ether oxygens (including phenoxy) is 1. The van der Waals surface area contributed by atoms with Crippen LogP contribution in [0.25, 0.3) is 0 Å². The molecule has 20 heavy (non-hydrogen) atoms. The van der Waals surface area contributed by atoms with Crippen LogP contribution in [0.4, 0.5) is 0 Å². The Morgan fingerprint density at radius 2 is 2.05 bits per heavy atom. The number of carbonyl (C=O) groups is 1. The maximum Gasteiger partial charge on any atom is 0.267 e. The van der Waals surface area contributed by atoms with E-state index in [1.54, 1.807) is 0 Å². The van der Waals surface area contributed by atoms with E-state index >= 15 is 0 Å². The van der Waals surface area contributed by atoms with Crippen LogP contribution in [0.5, 0.6) is 0 Å². The highest BCUT2D eigenvalue weighted by Gasteiger charge is 2.11. The molecule has 1 N–H and O–H groups in total. The molecule has 1 amide bonds. The molecule has 1 rings (SSSR count). The van der Waals surface area contributed by atoms with Crippen LogP contribution in [0.15, 0.2) is 16.7 Å². The summed E-state index contributed by atoms with van der Waals surface area (Å²) in [6.45, 7) is 7.28. The number of halogens is 1. The van der Waals surface area contributed by atoms with Gasteiger partial charge in [0.25, 0.3) is 5.91 Å². The van der Waals surface area contributed by atoms with Crippen LogP contribution >= 0.6 is 15.9 Å². The number of nitrogens with one attached hydrogen (secondary N) is 1. The molecule has 114 valence electrons. The van der Waals surface area contributed by atoms with Gasteiger partial charge in [0, 0.05) is 37.0 Å². The quantitative estimate of drug-likeness (QED) is 0.659. The lowest BCUT2D eigenvalue weighted by molar-refractivity contribution is 0.0931. The first kappa shape index (κ1) is 17.2. The molecular formula is C15H25BrN2O2. The molecule has 0 fully saturated rings. The Morgan fingerprint density at radius 1 is 1.30 bits per heavy atom. The monoisotopic (exact) mass is 344 g/mol. The molecule has 0 aliphatic carbocycles. The number of aromatic nitrogens is 1. The number of amides is 1. The first-order valence-electron chi connectivity index (χ1n) is 7.40. The molecule has 0 bridgehead atoms. The van der Waals surface area contributed by atoms with Crippen molar-refractivity contribution in [3.05, 3.63) is 22.4 Å². The molecule has 0 saturated heterocycles. The average Bonchev–Trinajstić information content (AvgIpc) is 2.79. The van der Waals surface area contributed by atoms with E-state index in [-0.39, 0.29) is 5.91 Å². The number of unbranched alkanes of at least 4 members (excludes halogenated alkanes) is 1. The van der Waals surface area contributed by atoms with Gasteiger partial charge in [0.15, 0.2) is 0 Å². The number of nitrogens with zero attached hydrogens (tertiary/aromatic N) is 1. The predicted molar refractivity (Wildman–Crippen MR) is 85.1 cm³/mol. The fraction of sp³-hybridized carbons (Fsp3) is 0.667. The molecule has 1 aromatic rings. The van der Waals surface area contributed by atoms with Crippen molar-refractivity contribution < 1.29 is 9.53 Å². The van der Waals surface area contributed by atoms with E-state index in [0.29, 0.717) is 18.8 Å². The smallest absolute Gasteiger partial charge is 0.267 e. The molecule has 1 heterocycles. The van der Waals surface area contributed by atoms with Gasteiger partial charge in [-0.1, -0.05) is 20.3 Å². The highest BCUT2D eigenvalue weighted by molar-refractivity contribution is 9.10. The lowest BCUT2D eigenvalue weighted by Crippen LogP contribution is -2.27. The second kappa shape index (κ2) is 10.00. The summed E-state index contributed by atoms with van der Waals surface area (Å²) in [7, 11) is 0. The predicted octanol–water partition coefficient (Wildman–Crippen LogP) is 3.60. The molecular weight excluding hydrogens is 320 g/mol. The van der Waals surface area contributed by atoms with Gasteiger partial charge in [-0.25, -0.2) is 0 Å². The Hall–Kier alpha value is -0.810. The minimum absolute atomic E-state index is 0.0160. The SMILES string of the molecule is CCCCOCCCNC(=O)c1cc(Br)cn1CCC. The highest BCUT2D eigenvalue weighted by atomic mass is 79.9. The van der Waals surface area contributed by atoms with Crippen LogP contribution in [0.1, 0.15) is 50.0 Å². The van der Waals surface area contributed by atoms with Gasteiger partial charge in [-0.3, -0.25) is 4.79 Å². The fourth-order valence-electron chi connectivity index (χ4n) is 1.91. The normalized spacial score (nSPS) is 10.8. The van der Waals surface area contributed by atoms with E-state index in [9.17, 15) is 4.79 Å². The van der Waals surface area contributed by atoms with E-state index in [2.05, 4.69) is 35.1 Å². The molecule has 0 unspecified atom stereocenters. The van der Waals surface area contributed by atoms with Gasteiger partial charge in [-0.15, -0.1) is 0 Å². The first-order valence-corrected chi connectivity index (χ1v) is 8.20. The lowest BCUT2D eigenvalue weighted by atomic mass is 10.3. The van der Waals surface area contributed by atoms with Crippen molar-refractivity contribution in [2.75, 3.05) is 19.8 Å². The summed E-state index contributed by atoms with van der Waals surface area (Å²) >= 11 is 3.42. The third kappa shape index (κ3) is 6.09. The molecule has 0 aliphatic rings. The Kier molecular flexibility index (Phi) is 8.62. The van der Waals surface area contributed by atoms with Crippen molar-refractivity contribution in [2.45, 2.75) is 46.1 Å². The third-order valence-corrected chi connectivity index (χ3v) is 3.39. The maximum absolute atomic E-state index is 12.1. The van der Waals surface area contributed by atoms with E-state index in [1.165, 1.54) is 0 Å². The topological polar surface area (TPSA) is 43.3 Å². The van der Waals surface area contributed by atoms with Gasteiger partial charge in [-0.2, -0.15) is 0 Å². The van der Waals surface area contributed by atoms with Crippen LogP contribution in [0, 0.1) is 0 Å². The zero-order valence-corrected chi connectivity index (χ0v) is 14.0. The van der Waals surface area contributed by atoms with E-state index in [4.69, 9.17) is 4.74 Å². The molecule has 4 nitrogen and oxygen atoms in total. The van der Waals surface area contributed by atoms with Gasteiger partial charge in [0.1, 0.15) is 5.69 Å². The molecule has 0 saturated carbocycles. The summed E-state index contributed by atoms with van der Waals surface area (Å²) in [4.78, 5) is 12.1. The second-order valence-electron chi connectivity index (χ2n) is 4.81. The van der Waals surface area contributed by atoms with Crippen LogP contribution in [0.2, 0.25) is 0 Å². The van der Waals surface area contributed by atoms with Crippen molar-refractivity contribution in [1.82, 2.24) is 9.88 Å². The number of hydrogen-bond acceptors (Lipinski definition) is 2. The van der Waals surface area contributed by atoms with Crippen LogP contribution in [-0.4, -0.2) is 30.2 Å². The lowest BCUT2D eigenvalue weighted by Gasteiger charge is -2.09. The number of carbonyl (C=O) groups excluding carboxylic acids is 1. The summed E-state index contributed by atoms with van der Waals surface area (Å²) < 4.78 is 8.39. The number of hydrogen-bond donors (Lipinski definition) is 1. The Morgan fingerprint density at radius 3 is 2.75 bits per heavy atom. The Balaban J connectivity index is 2.28. The van der Waals surface area contributed by atoms with Gasteiger partial charge in [0.2, 0.25) is 0 Å². The number of aryl methyl sites for hydroxylation is 1. The minimum Gasteiger partial charge on any atom is -0.381 e. The van der Waals surface area contributed by atoms with Crippen molar-refractivity contribution in [3.63, 3.8) is 0 Å². The molecule has 1 aromatic heterocycles. The molecule has 0 aromatic carbocycles. The molecule has 0 atom stereocenters. The Bertz CT molecular complexity index is 405. The zero-order valence-electron chi connectivity index (χ0n) is 12.5. The molecule has 0 spiro atoms. The van der Waals surface area contributed by atoms with Crippen molar-refractivity contribution in [1.29, 1.82) is 0 Å². The van der Waals surface area contributed by atoms with E-state index in [1.807, 2.05) is 16.8 Å². The minimum atomic E-state index is -0.0160. The van der Waals surface area contributed by atoms with Crippen molar-refractivity contribution >= 4 is 21.8 Å². The highest BCUT2D eigenvalue weighted by Crippen LogP contribution is 2.15. The average molecular weight is 345 g/mol. The van der Waals surface area contributed by atoms with Crippen molar-refractivity contribution in [3.8, 4) is 0 Å². The summed E-state index contributed by atoms with van der Waals surface area (Å²) in [5.41, 5.74) is 0.714. The molecule has 0 radical (unpaired) electrons. The third-order valence-electron chi connectivity index (χ3n) is 2.95. The van der Waals surface area contributed by atoms with Gasteiger partial charge in [-0.05, 0) is 41.3 Å². The molecule has 5 heteroatoms. The fourth-order valence-corrected chi connectivity index (χ4v) is 2.37. The van der Waals surface area contributed by atoms with Crippen LogP contribution in [-0.2, 0) is 11.3 Å². The van der Waals surface area contributed by atoms with E-state index < -0.39 is 0 Å². The van der Waals surface area contributed by atoms with Crippen LogP contribution in [0.3, 0.4) is 0 Å². The largest absolute Gasteiger partial charge is 0.381 e. The zero-order chi connectivity index (χ0) is 14.8. The second-order valence-corrected chi connectivity index (χ2v) is 5.73. The van der Waals surface area contributed by atoms with E-state index in [0.717, 1.165) is 43.3 Å². The van der Waals surface area contributed by atoms with Gasteiger partial charge in [0.05, 0.1) is 0 Å². The summed E-state index contributed by atoms with van der Waals surface area (Å²) in [5, 5.41) is 2.94. The Labute approximate surface area is 130 Å². The summed E-state index contributed by atoms with van der Waals surface area (Å²) in [6.07, 6.45) is 6.06. The molecule has 0 aliphatic heterocycles. The van der Waals surface area contributed by atoms with Gasteiger partial charge >= 0.3 is 0 Å². The maximum atomic E-state index is 12.1. The first-order chi connectivity index (χ1) is 9.69. The van der Waals surface area contributed by atoms with Gasteiger partial charge < -0.3 is 14.6 Å². The summed E-state index contributed by atoms with van der Waals surface area (Å²) in [6, 6.07) is 1.86. The van der Waals surface area contributed by atoms with Crippen molar-refractivity contribution in [2.24, 2.45) is 0 Å². The number of rotatable bonds is 10. The summed E-state index contributed by atoms with van der Waals surface area (Å²) in [5.74, 6) is -0.0160.